The van der Waals surface area contributed by atoms with E-state index in [4.69, 9.17) is 9.47 Å². The number of nitrogens with one attached hydrogen (secondary N) is 2. The maximum absolute atomic E-state index is 12.5. The first kappa shape index (κ1) is 23.3. The van der Waals surface area contributed by atoms with Crippen LogP contribution in [0.25, 0.3) is 11.1 Å². The summed E-state index contributed by atoms with van der Waals surface area (Å²) in [6, 6.07) is 13.0. The fraction of sp³-hybridized carbons (Fsp3) is 0.455. The quantitative estimate of drug-likeness (QED) is 0.570. The van der Waals surface area contributed by atoms with Gasteiger partial charge in [-0.15, -0.1) is 0 Å². The molecule has 2 aliphatic rings. The third kappa shape index (κ3) is 5.75. The molecule has 0 aromatic heterocycles. The van der Waals surface area contributed by atoms with Gasteiger partial charge in [0.05, 0.1) is 22.0 Å². The van der Waals surface area contributed by atoms with Gasteiger partial charge in [0.1, 0.15) is 0 Å². The summed E-state index contributed by atoms with van der Waals surface area (Å²) in [7, 11) is -7.23. The average Bonchev–Trinajstić information content (AvgIpc) is 3.51. The summed E-state index contributed by atoms with van der Waals surface area (Å²) in [6.07, 6.45) is 3.48. The van der Waals surface area contributed by atoms with Gasteiger partial charge in [-0.2, -0.15) is 0 Å². The highest BCUT2D eigenvalue weighted by molar-refractivity contribution is 7.89. The SMILES string of the molecule is O=S(=O)(NC[C@H]1CCCO1)c1ccc(-c2ccc(S(=O)(=O)NC[C@H]3CCCO3)cc2)cc1. The van der Waals surface area contributed by atoms with Crippen molar-refractivity contribution in [3.63, 3.8) is 0 Å². The van der Waals surface area contributed by atoms with Gasteiger partial charge in [0.15, 0.2) is 0 Å². The zero-order chi connectivity index (χ0) is 22.6. The number of sulfonamides is 2. The molecule has 2 aliphatic heterocycles. The third-order valence-corrected chi connectivity index (χ3v) is 8.59. The molecule has 174 valence electrons. The van der Waals surface area contributed by atoms with Crippen LogP contribution in [0.5, 0.6) is 0 Å². The third-order valence-electron chi connectivity index (χ3n) is 5.71. The number of hydrogen-bond donors (Lipinski definition) is 2. The Morgan fingerprint density at radius 3 is 1.34 bits per heavy atom. The van der Waals surface area contributed by atoms with Crippen LogP contribution >= 0.6 is 0 Å². The molecule has 32 heavy (non-hydrogen) atoms. The first-order valence-electron chi connectivity index (χ1n) is 10.8. The van der Waals surface area contributed by atoms with Gasteiger partial charge in [0.2, 0.25) is 20.0 Å². The first-order chi connectivity index (χ1) is 15.3. The Bertz CT molecular complexity index is 1010. The minimum Gasteiger partial charge on any atom is -0.377 e. The highest BCUT2D eigenvalue weighted by Gasteiger charge is 2.21. The molecule has 0 aliphatic carbocycles. The van der Waals surface area contributed by atoms with Gasteiger partial charge < -0.3 is 9.47 Å². The fourth-order valence-corrected chi connectivity index (χ4v) is 5.97. The van der Waals surface area contributed by atoms with Crippen molar-refractivity contribution < 1.29 is 26.3 Å². The molecule has 2 saturated heterocycles. The monoisotopic (exact) mass is 480 g/mol. The lowest BCUT2D eigenvalue weighted by Gasteiger charge is -2.12. The van der Waals surface area contributed by atoms with Crippen LogP contribution < -0.4 is 9.44 Å². The largest absolute Gasteiger partial charge is 0.377 e. The van der Waals surface area contributed by atoms with Gasteiger partial charge in [-0.25, -0.2) is 26.3 Å². The normalized spacial score (nSPS) is 21.8. The van der Waals surface area contributed by atoms with Gasteiger partial charge in [-0.3, -0.25) is 0 Å². The van der Waals surface area contributed by atoms with E-state index in [0.717, 1.165) is 36.8 Å². The fourth-order valence-electron chi connectivity index (χ4n) is 3.84. The van der Waals surface area contributed by atoms with Crippen molar-refractivity contribution in [2.45, 2.75) is 47.7 Å². The van der Waals surface area contributed by atoms with Crippen molar-refractivity contribution in [1.29, 1.82) is 0 Å². The Hall–Kier alpha value is -1.82. The zero-order valence-corrected chi connectivity index (χ0v) is 19.3. The highest BCUT2D eigenvalue weighted by Crippen LogP contribution is 2.23. The average molecular weight is 481 g/mol. The standard InChI is InChI=1S/C22H28N2O6S2/c25-31(26,23-15-19-3-1-13-29-19)21-9-5-17(6-10-21)18-7-11-22(12-8-18)32(27,28)24-16-20-4-2-14-30-20/h5-12,19-20,23-24H,1-4,13-16H2/t19-,20-/m1/s1. The molecule has 8 nitrogen and oxygen atoms in total. The lowest BCUT2D eigenvalue weighted by atomic mass is 10.1. The Morgan fingerprint density at radius 1 is 0.656 bits per heavy atom. The van der Waals surface area contributed by atoms with Crippen LogP contribution in [0.1, 0.15) is 25.7 Å². The lowest BCUT2D eigenvalue weighted by Crippen LogP contribution is -2.31. The van der Waals surface area contributed by atoms with E-state index in [9.17, 15) is 16.8 Å². The summed E-state index contributed by atoms with van der Waals surface area (Å²) in [6.45, 7) is 1.88. The van der Waals surface area contributed by atoms with Crippen molar-refractivity contribution >= 4 is 20.0 Å². The summed E-state index contributed by atoms with van der Waals surface area (Å²) in [4.78, 5) is 0.355. The number of rotatable bonds is 9. The van der Waals surface area contributed by atoms with Crippen LogP contribution in [-0.2, 0) is 29.5 Å². The maximum Gasteiger partial charge on any atom is 0.240 e. The molecular formula is C22H28N2O6S2. The van der Waals surface area contributed by atoms with E-state index >= 15 is 0 Å². The molecule has 2 atom stereocenters. The van der Waals surface area contributed by atoms with E-state index < -0.39 is 20.0 Å². The predicted molar refractivity (Wildman–Crippen MR) is 120 cm³/mol. The van der Waals surface area contributed by atoms with Crippen LogP contribution in [0.2, 0.25) is 0 Å². The van der Waals surface area contributed by atoms with E-state index in [2.05, 4.69) is 9.44 Å². The Morgan fingerprint density at radius 2 is 1.03 bits per heavy atom. The maximum atomic E-state index is 12.5. The summed E-state index contributed by atoms with van der Waals surface area (Å²) in [5, 5.41) is 0. The summed E-state index contributed by atoms with van der Waals surface area (Å²) >= 11 is 0. The van der Waals surface area contributed by atoms with E-state index in [1.807, 2.05) is 0 Å². The van der Waals surface area contributed by atoms with Gasteiger partial charge in [-0.1, -0.05) is 24.3 Å². The van der Waals surface area contributed by atoms with Gasteiger partial charge in [0, 0.05) is 26.3 Å². The molecule has 0 amide bonds. The molecule has 0 bridgehead atoms. The second-order valence-electron chi connectivity index (χ2n) is 8.02. The predicted octanol–water partition coefficient (Wildman–Crippen LogP) is 2.27. The Labute approximate surface area is 189 Å². The van der Waals surface area contributed by atoms with E-state index in [1.165, 1.54) is 0 Å². The lowest BCUT2D eigenvalue weighted by molar-refractivity contribution is 0.114. The highest BCUT2D eigenvalue weighted by atomic mass is 32.2. The molecular weight excluding hydrogens is 452 g/mol. The molecule has 0 radical (unpaired) electrons. The van der Waals surface area contributed by atoms with Gasteiger partial charge >= 0.3 is 0 Å². The van der Waals surface area contributed by atoms with Crippen LogP contribution in [0.15, 0.2) is 58.3 Å². The number of ether oxygens (including phenoxy) is 2. The Kier molecular flexibility index (Phi) is 7.28. The van der Waals surface area contributed by atoms with Crippen LogP contribution in [0.4, 0.5) is 0 Å². The van der Waals surface area contributed by atoms with Crippen LogP contribution in [-0.4, -0.2) is 55.3 Å². The van der Waals surface area contributed by atoms with Crippen LogP contribution in [0, 0.1) is 0 Å². The van der Waals surface area contributed by atoms with E-state index in [-0.39, 0.29) is 35.1 Å². The summed E-state index contributed by atoms with van der Waals surface area (Å²) in [5.41, 5.74) is 1.58. The second-order valence-corrected chi connectivity index (χ2v) is 11.6. The molecule has 2 aromatic rings. The first-order valence-corrected chi connectivity index (χ1v) is 13.7. The van der Waals surface area contributed by atoms with Gasteiger partial charge in [0.25, 0.3) is 0 Å². The smallest absolute Gasteiger partial charge is 0.240 e. The van der Waals surface area contributed by atoms with Crippen molar-refractivity contribution in [2.75, 3.05) is 26.3 Å². The topological polar surface area (TPSA) is 111 Å². The number of benzene rings is 2. The molecule has 2 aromatic carbocycles. The van der Waals surface area contributed by atoms with Crippen molar-refractivity contribution in [3.05, 3.63) is 48.5 Å². The van der Waals surface area contributed by atoms with Crippen molar-refractivity contribution in [2.24, 2.45) is 0 Å². The molecule has 2 heterocycles. The molecule has 2 N–H and O–H groups in total. The van der Waals surface area contributed by atoms with E-state index in [1.54, 1.807) is 48.5 Å². The van der Waals surface area contributed by atoms with Gasteiger partial charge in [-0.05, 0) is 61.1 Å². The molecule has 0 unspecified atom stereocenters. The Balaban J connectivity index is 1.39. The minimum absolute atomic E-state index is 0.0704. The zero-order valence-electron chi connectivity index (χ0n) is 17.7. The minimum atomic E-state index is -3.61. The number of hydrogen-bond acceptors (Lipinski definition) is 6. The summed E-state index contributed by atoms with van der Waals surface area (Å²) in [5.74, 6) is 0. The van der Waals surface area contributed by atoms with Crippen LogP contribution in [0.3, 0.4) is 0 Å². The molecule has 10 heteroatoms. The van der Waals surface area contributed by atoms with E-state index in [0.29, 0.717) is 13.2 Å². The molecule has 2 fully saturated rings. The van der Waals surface area contributed by atoms with Crippen molar-refractivity contribution in [1.82, 2.24) is 9.44 Å². The molecule has 0 saturated carbocycles. The summed E-state index contributed by atoms with van der Waals surface area (Å²) < 4.78 is 66.1. The molecule has 4 rings (SSSR count). The molecule has 0 spiro atoms. The van der Waals surface area contributed by atoms with Crippen molar-refractivity contribution in [3.8, 4) is 11.1 Å². The second kappa shape index (κ2) is 9.98.